The van der Waals surface area contributed by atoms with Crippen LogP contribution in [0.15, 0.2) is 28.1 Å². The molecule has 0 unspecified atom stereocenters. The number of imidazole rings is 1. The zero-order valence-electron chi connectivity index (χ0n) is 9.41. The monoisotopic (exact) mass is 468 g/mol. The normalized spacial score (nSPS) is 11.3. The number of thiophene rings is 1. The van der Waals surface area contributed by atoms with Gasteiger partial charge in [-0.25, -0.2) is 4.39 Å². The second-order valence-electron chi connectivity index (χ2n) is 4.01. The van der Waals surface area contributed by atoms with E-state index in [1.807, 2.05) is 39.3 Å². The molecule has 1 aromatic carbocycles. The Balaban J connectivity index is 2.15. The fraction of sp³-hybridized carbons (Fsp3) is 0.0833. The summed E-state index contributed by atoms with van der Waals surface area (Å²) in [6.07, 6.45) is 0. The molecule has 0 aliphatic heterocycles. The topological polar surface area (TPSA) is 20.7 Å². The van der Waals surface area contributed by atoms with Gasteiger partial charge in [-0.15, -0.1) is 11.3 Å². The van der Waals surface area contributed by atoms with E-state index < -0.39 is 0 Å². The SMILES string of the molecule is Fc1cc2c(cc1I)[nH]c(=S)n2Cc1ccc(Br)s1. The van der Waals surface area contributed by atoms with Crippen LogP contribution in [0.5, 0.6) is 0 Å². The molecule has 2 aromatic heterocycles. The van der Waals surface area contributed by atoms with Gasteiger partial charge in [-0.05, 0) is 68.9 Å². The van der Waals surface area contributed by atoms with Crippen molar-refractivity contribution in [2.75, 3.05) is 0 Å². The third kappa shape index (κ3) is 2.65. The second kappa shape index (κ2) is 5.27. The molecule has 0 atom stereocenters. The van der Waals surface area contributed by atoms with Crippen molar-refractivity contribution in [2.45, 2.75) is 6.54 Å². The molecule has 0 saturated heterocycles. The van der Waals surface area contributed by atoms with Crippen LogP contribution in [-0.2, 0) is 6.54 Å². The van der Waals surface area contributed by atoms with Gasteiger partial charge in [0.25, 0.3) is 0 Å². The zero-order chi connectivity index (χ0) is 13.6. The van der Waals surface area contributed by atoms with E-state index in [9.17, 15) is 4.39 Å². The van der Waals surface area contributed by atoms with E-state index in [1.165, 1.54) is 10.9 Å². The number of aromatic amines is 1. The number of hydrogen-bond donors (Lipinski definition) is 1. The number of halogens is 3. The van der Waals surface area contributed by atoms with Crippen LogP contribution in [0.3, 0.4) is 0 Å². The molecular weight excluding hydrogens is 462 g/mol. The van der Waals surface area contributed by atoms with Crippen molar-refractivity contribution in [3.05, 3.63) is 47.1 Å². The van der Waals surface area contributed by atoms with Gasteiger partial charge in [0.1, 0.15) is 5.82 Å². The van der Waals surface area contributed by atoms with Crippen molar-refractivity contribution in [2.24, 2.45) is 0 Å². The Bertz CT molecular complexity index is 821. The minimum absolute atomic E-state index is 0.219. The summed E-state index contributed by atoms with van der Waals surface area (Å²) >= 11 is 12.4. The molecule has 0 aliphatic rings. The van der Waals surface area contributed by atoms with Gasteiger partial charge in [0.05, 0.1) is 24.9 Å². The molecule has 0 bridgehead atoms. The van der Waals surface area contributed by atoms with E-state index in [1.54, 1.807) is 17.4 Å². The fourth-order valence-corrected chi connectivity index (χ4v) is 4.11. The number of hydrogen-bond acceptors (Lipinski definition) is 2. The molecular formula is C12H7BrFIN2S2. The maximum absolute atomic E-state index is 13.7. The number of nitrogens with one attached hydrogen (secondary N) is 1. The van der Waals surface area contributed by atoms with E-state index >= 15 is 0 Å². The number of nitrogens with zero attached hydrogens (tertiary/aromatic N) is 1. The Morgan fingerprint density at radius 3 is 2.89 bits per heavy atom. The van der Waals surface area contributed by atoms with Crippen LogP contribution in [0.1, 0.15) is 4.88 Å². The highest BCUT2D eigenvalue weighted by atomic mass is 127. The third-order valence-electron chi connectivity index (χ3n) is 2.76. The Kier molecular flexibility index (Phi) is 3.80. The molecule has 19 heavy (non-hydrogen) atoms. The van der Waals surface area contributed by atoms with Gasteiger partial charge in [-0.1, -0.05) is 0 Å². The van der Waals surface area contributed by atoms with Crippen LogP contribution >= 0.6 is 62.1 Å². The van der Waals surface area contributed by atoms with Crippen molar-refractivity contribution in [1.29, 1.82) is 0 Å². The molecule has 98 valence electrons. The standard InChI is InChI=1S/C12H7BrFIN2S2/c13-11-2-1-6(19-11)5-17-10-3-7(14)8(15)4-9(10)16-12(17)18/h1-4H,5H2,(H,16,18). The van der Waals surface area contributed by atoms with Gasteiger partial charge < -0.3 is 9.55 Å². The molecule has 2 nitrogen and oxygen atoms in total. The van der Waals surface area contributed by atoms with Crippen LogP contribution in [0.4, 0.5) is 4.39 Å². The molecule has 0 fully saturated rings. The third-order valence-corrected chi connectivity index (χ3v) is 5.52. The molecule has 3 aromatic rings. The first-order chi connectivity index (χ1) is 9.04. The molecule has 1 N–H and O–H groups in total. The summed E-state index contributed by atoms with van der Waals surface area (Å²) in [5, 5.41) is 0. The van der Waals surface area contributed by atoms with Crippen LogP contribution in [0.25, 0.3) is 11.0 Å². The number of fused-ring (bicyclic) bond motifs is 1. The number of benzene rings is 1. The molecule has 0 saturated carbocycles. The van der Waals surface area contributed by atoms with Gasteiger partial charge in [-0.2, -0.15) is 0 Å². The average Bonchev–Trinajstić information content (AvgIpc) is 2.87. The molecule has 0 radical (unpaired) electrons. The largest absolute Gasteiger partial charge is 0.331 e. The lowest BCUT2D eigenvalue weighted by molar-refractivity contribution is 0.621. The van der Waals surface area contributed by atoms with Crippen LogP contribution in [0, 0.1) is 14.2 Å². The summed E-state index contributed by atoms with van der Waals surface area (Å²) in [6.45, 7) is 0.648. The minimum Gasteiger partial charge on any atom is -0.331 e. The van der Waals surface area contributed by atoms with E-state index in [-0.39, 0.29) is 5.82 Å². The number of H-pyrrole nitrogens is 1. The number of aromatic nitrogens is 2. The maximum atomic E-state index is 13.7. The van der Waals surface area contributed by atoms with Crippen molar-refractivity contribution in [3.63, 3.8) is 0 Å². The summed E-state index contributed by atoms with van der Waals surface area (Å²) in [6, 6.07) is 7.36. The highest BCUT2D eigenvalue weighted by Gasteiger charge is 2.10. The van der Waals surface area contributed by atoms with Crippen molar-refractivity contribution >= 4 is 73.1 Å². The first-order valence-corrected chi connectivity index (χ1v) is 8.46. The highest BCUT2D eigenvalue weighted by Crippen LogP contribution is 2.25. The van der Waals surface area contributed by atoms with Crippen molar-refractivity contribution < 1.29 is 4.39 Å². The van der Waals surface area contributed by atoms with E-state index in [2.05, 4.69) is 20.9 Å². The Labute approximate surface area is 139 Å². The minimum atomic E-state index is -0.219. The van der Waals surface area contributed by atoms with Crippen LogP contribution < -0.4 is 0 Å². The quantitative estimate of drug-likeness (QED) is 0.399. The van der Waals surface area contributed by atoms with Gasteiger partial charge in [0.15, 0.2) is 4.77 Å². The lowest BCUT2D eigenvalue weighted by Crippen LogP contribution is -1.98. The van der Waals surface area contributed by atoms with Gasteiger partial charge in [0, 0.05) is 10.9 Å². The highest BCUT2D eigenvalue weighted by molar-refractivity contribution is 14.1. The Morgan fingerprint density at radius 1 is 1.42 bits per heavy atom. The number of rotatable bonds is 2. The Hall–Kier alpha value is -0.250. The molecule has 0 spiro atoms. The first-order valence-electron chi connectivity index (χ1n) is 5.36. The smallest absolute Gasteiger partial charge is 0.178 e. The van der Waals surface area contributed by atoms with E-state index in [4.69, 9.17) is 12.2 Å². The summed E-state index contributed by atoms with van der Waals surface area (Å²) in [4.78, 5) is 4.29. The van der Waals surface area contributed by atoms with Crippen molar-refractivity contribution in [1.82, 2.24) is 9.55 Å². The van der Waals surface area contributed by atoms with Gasteiger partial charge in [-0.3, -0.25) is 0 Å². The van der Waals surface area contributed by atoms with Gasteiger partial charge >= 0.3 is 0 Å². The molecule has 0 aliphatic carbocycles. The van der Waals surface area contributed by atoms with Crippen LogP contribution in [-0.4, -0.2) is 9.55 Å². The summed E-state index contributed by atoms with van der Waals surface area (Å²) in [7, 11) is 0. The predicted molar refractivity (Wildman–Crippen MR) is 90.9 cm³/mol. The van der Waals surface area contributed by atoms with Crippen molar-refractivity contribution in [3.8, 4) is 0 Å². The fourth-order valence-electron chi connectivity index (χ4n) is 1.90. The molecule has 0 amide bonds. The molecule has 2 heterocycles. The summed E-state index contributed by atoms with van der Waals surface area (Å²) < 4.78 is 17.9. The predicted octanol–water partition coefficient (Wildman–Crippen LogP) is 5.31. The summed E-state index contributed by atoms with van der Waals surface area (Å²) in [5.41, 5.74) is 1.67. The molecule has 3 rings (SSSR count). The van der Waals surface area contributed by atoms with Gasteiger partial charge in [0.2, 0.25) is 0 Å². The summed E-state index contributed by atoms with van der Waals surface area (Å²) in [5.74, 6) is -0.219. The van der Waals surface area contributed by atoms with Crippen LogP contribution in [0.2, 0.25) is 0 Å². The lowest BCUT2D eigenvalue weighted by atomic mass is 10.3. The first kappa shape index (κ1) is 13.7. The zero-order valence-corrected chi connectivity index (χ0v) is 14.8. The Morgan fingerprint density at radius 2 is 2.21 bits per heavy atom. The lowest BCUT2D eigenvalue weighted by Gasteiger charge is -2.03. The maximum Gasteiger partial charge on any atom is 0.178 e. The average molecular weight is 469 g/mol. The van der Waals surface area contributed by atoms with E-state index in [0.29, 0.717) is 14.9 Å². The van der Waals surface area contributed by atoms with E-state index in [0.717, 1.165) is 14.8 Å². The second-order valence-corrected chi connectivity index (χ2v) is 8.10. The molecule has 7 heteroatoms.